The second kappa shape index (κ2) is 10.7. The van der Waals surface area contributed by atoms with E-state index in [9.17, 15) is 28.8 Å². The highest BCUT2D eigenvalue weighted by atomic mass is 16.5. The molecule has 1 aliphatic heterocycles. The third-order valence-corrected chi connectivity index (χ3v) is 9.73. The number of benzene rings is 2. The first-order chi connectivity index (χ1) is 21.0. The predicted molar refractivity (Wildman–Crippen MR) is 157 cm³/mol. The van der Waals surface area contributed by atoms with Gasteiger partial charge in [0.05, 0.1) is 37.7 Å². The number of anilines is 1. The van der Waals surface area contributed by atoms with E-state index in [0.29, 0.717) is 22.4 Å². The first-order valence-electron chi connectivity index (χ1n) is 14.5. The minimum atomic E-state index is -1.66. The third kappa shape index (κ3) is 4.15. The number of hydrogen-bond donors (Lipinski definition) is 1. The van der Waals surface area contributed by atoms with Crippen LogP contribution in [0, 0.1) is 35.5 Å². The van der Waals surface area contributed by atoms with Crippen LogP contribution >= 0.6 is 0 Å². The average molecular weight is 597 g/mol. The second-order valence-electron chi connectivity index (χ2n) is 11.9. The van der Waals surface area contributed by atoms with E-state index < -0.39 is 76.5 Å². The molecule has 10 nitrogen and oxygen atoms in total. The fourth-order valence-electron chi connectivity index (χ4n) is 7.86. The Labute approximate surface area is 254 Å². The summed E-state index contributed by atoms with van der Waals surface area (Å²) in [5.74, 6) is -8.72. The number of rotatable bonds is 5. The van der Waals surface area contributed by atoms with E-state index in [2.05, 4.69) is 5.32 Å². The number of para-hydroxylation sites is 1. The van der Waals surface area contributed by atoms with Gasteiger partial charge >= 0.3 is 11.9 Å². The van der Waals surface area contributed by atoms with Gasteiger partial charge in [0.15, 0.2) is 5.78 Å². The van der Waals surface area contributed by atoms with Crippen molar-refractivity contribution in [3.05, 3.63) is 89.0 Å². The molecule has 1 heterocycles. The van der Waals surface area contributed by atoms with E-state index in [1.807, 2.05) is 0 Å². The van der Waals surface area contributed by atoms with E-state index in [4.69, 9.17) is 9.47 Å². The minimum absolute atomic E-state index is 0.0406. The van der Waals surface area contributed by atoms with Crippen LogP contribution in [-0.4, -0.2) is 55.2 Å². The van der Waals surface area contributed by atoms with Gasteiger partial charge in [0.2, 0.25) is 11.8 Å². The predicted octanol–water partition coefficient (Wildman–Crippen LogP) is 3.03. The number of carbonyl (C=O) groups is 6. The summed E-state index contributed by atoms with van der Waals surface area (Å²) in [5, 5.41) is 2.91. The van der Waals surface area contributed by atoms with Crippen LogP contribution in [0.1, 0.15) is 30.6 Å². The molecule has 3 amide bonds. The third-order valence-electron chi connectivity index (χ3n) is 9.73. The highest BCUT2D eigenvalue weighted by molar-refractivity contribution is 6.24. The number of carbonyl (C=O) groups excluding carboxylic acids is 6. The van der Waals surface area contributed by atoms with Gasteiger partial charge in [-0.1, -0.05) is 55.0 Å². The van der Waals surface area contributed by atoms with Crippen LogP contribution in [0.5, 0.6) is 0 Å². The van der Waals surface area contributed by atoms with Crippen LogP contribution in [0.25, 0.3) is 0 Å². The molecule has 0 saturated carbocycles. The molecule has 7 atom stereocenters. The van der Waals surface area contributed by atoms with E-state index in [1.165, 1.54) is 20.3 Å². The van der Waals surface area contributed by atoms with Gasteiger partial charge in [-0.15, -0.1) is 0 Å². The Morgan fingerprint density at radius 1 is 0.886 bits per heavy atom. The molecule has 1 unspecified atom stereocenters. The van der Waals surface area contributed by atoms with Gasteiger partial charge in [0, 0.05) is 22.6 Å². The molecule has 10 heteroatoms. The monoisotopic (exact) mass is 596 g/mol. The Balaban J connectivity index is 1.55. The van der Waals surface area contributed by atoms with Crippen LogP contribution in [0.3, 0.4) is 0 Å². The van der Waals surface area contributed by atoms with E-state index in [0.717, 1.165) is 4.90 Å². The molecule has 44 heavy (non-hydrogen) atoms. The summed E-state index contributed by atoms with van der Waals surface area (Å²) in [5.41, 5.74) is 0.00465. The summed E-state index contributed by atoms with van der Waals surface area (Å²) in [6, 6.07) is 16.9. The topological polar surface area (TPSA) is 136 Å². The molecule has 1 fully saturated rings. The van der Waals surface area contributed by atoms with E-state index >= 15 is 0 Å². The standard InChI is InChI=1S/C34H32N2O8/c1-17-23-25-21(26-24(17)30(39)36(31(26)40)20-13-9-6-10-14-20)15-19(32(41)43-3)16-22(33(42)44-4)27(25)34(2,28(23)37)35-29(38)18-11-7-5-8-12-18/h5-14,16-17,21-22,24,26-27H,15H2,1-4H3,(H,35,38)/t17-,21+,22+,24-,26+,27?,34-/m0/s1. The highest BCUT2D eigenvalue weighted by Gasteiger charge is 2.67. The number of imide groups is 1. The fraction of sp³-hybridized carbons (Fsp3) is 0.353. The van der Waals surface area contributed by atoms with Gasteiger partial charge in [-0.25, -0.2) is 4.79 Å². The zero-order chi connectivity index (χ0) is 31.5. The Morgan fingerprint density at radius 3 is 2.11 bits per heavy atom. The number of nitrogens with zero attached hydrogens (tertiary/aromatic N) is 1. The summed E-state index contributed by atoms with van der Waals surface area (Å²) in [6.45, 7) is 3.30. The zero-order valence-electron chi connectivity index (χ0n) is 24.7. The van der Waals surface area contributed by atoms with Crippen molar-refractivity contribution in [3.8, 4) is 0 Å². The number of nitrogens with one attached hydrogen (secondary N) is 1. The number of amides is 3. The highest BCUT2D eigenvalue weighted by Crippen LogP contribution is 2.60. The minimum Gasteiger partial charge on any atom is -0.469 e. The van der Waals surface area contributed by atoms with Gasteiger partial charge in [-0.05, 0) is 49.4 Å². The van der Waals surface area contributed by atoms with Crippen molar-refractivity contribution in [2.45, 2.75) is 25.8 Å². The molecular weight excluding hydrogens is 564 g/mol. The van der Waals surface area contributed by atoms with Gasteiger partial charge in [0.25, 0.3) is 5.91 Å². The number of ether oxygens (including phenoxy) is 2. The zero-order valence-corrected chi connectivity index (χ0v) is 24.7. The van der Waals surface area contributed by atoms with E-state index in [1.54, 1.807) is 74.5 Å². The largest absolute Gasteiger partial charge is 0.469 e. The van der Waals surface area contributed by atoms with Gasteiger partial charge in [0.1, 0.15) is 5.54 Å². The molecular formula is C34H32N2O8. The van der Waals surface area contributed by atoms with Crippen LogP contribution in [0.15, 0.2) is 83.5 Å². The van der Waals surface area contributed by atoms with Crippen molar-refractivity contribution in [3.63, 3.8) is 0 Å². The molecule has 2 aromatic rings. The van der Waals surface area contributed by atoms with Crippen LogP contribution in [0.4, 0.5) is 5.69 Å². The number of hydrogen-bond acceptors (Lipinski definition) is 8. The SMILES string of the molecule is COC(=O)C1=C[C@@H](C(=O)OC)C2C3=C(C(=O)[C@@]2(C)NC(=O)c2ccccc2)[C@H](C)[C@@H]2C(=O)N(c4ccccc4)C(=O)[C@@H]2[C@@H]3C1. The van der Waals surface area contributed by atoms with Crippen molar-refractivity contribution in [2.24, 2.45) is 35.5 Å². The van der Waals surface area contributed by atoms with Gasteiger partial charge in [-0.3, -0.25) is 28.9 Å². The lowest BCUT2D eigenvalue weighted by Crippen LogP contribution is -2.57. The van der Waals surface area contributed by atoms with E-state index in [-0.39, 0.29) is 12.0 Å². The summed E-state index contributed by atoms with van der Waals surface area (Å²) in [7, 11) is 2.42. The van der Waals surface area contributed by atoms with Gasteiger partial charge < -0.3 is 14.8 Å². The molecule has 0 spiro atoms. The lowest BCUT2D eigenvalue weighted by Gasteiger charge is -2.39. The smallest absolute Gasteiger partial charge is 0.333 e. The van der Waals surface area contributed by atoms with Crippen LogP contribution < -0.4 is 10.2 Å². The number of esters is 2. The summed E-state index contributed by atoms with van der Waals surface area (Å²) in [6.07, 6.45) is 1.40. The molecule has 3 aliphatic carbocycles. The maximum Gasteiger partial charge on any atom is 0.333 e. The lowest BCUT2D eigenvalue weighted by molar-refractivity contribution is -0.146. The first kappa shape index (κ1) is 29.2. The average Bonchev–Trinajstić information content (AvgIpc) is 3.33. The van der Waals surface area contributed by atoms with Crippen molar-refractivity contribution in [2.75, 3.05) is 19.1 Å². The first-order valence-corrected chi connectivity index (χ1v) is 14.5. The number of ketones is 1. The summed E-state index contributed by atoms with van der Waals surface area (Å²) >= 11 is 0. The molecule has 2 aromatic carbocycles. The summed E-state index contributed by atoms with van der Waals surface area (Å²) < 4.78 is 10.2. The summed E-state index contributed by atoms with van der Waals surface area (Å²) in [4.78, 5) is 84.1. The Morgan fingerprint density at radius 2 is 1.50 bits per heavy atom. The molecule has 226 valence electrons. The van der Waals surface area contributed by atoms with Crippen molar-refractivity contribution in [1.29, 1.82) is 0 Å². The lowest BCUT2D eigenvalue weighted by atomic mass is 9.62. The Kier molecular flexibility index (Phi) is 7.10. The van der Waals surface area contributed by atoms with Crippen LogP contribution in [0.2, 0.25) is 0 Å². The Hall–Kier alpha value is -4.86. The quantitative estimate of drug-likeness (QED) is 0.411. The fourth-order valence-corrected chi connectivity index (χ4v) is 7.86. The van der Waals surface area contributed by atoms with Gasteiger partial charge in [-0.2, -0.15) is 0 Å². The second-order valence-corrected chi connectivity index (χ2v) is 11.9. The number of Topliss-reactive ketones (excluding diaryl/α,β-unsaturated/α-hetero) is 1. The van der Waals surface area contributed by atoms with Crippen molar-refractivity contribution >= 4 is 41.1 Å². The number of fused-ring (bicyclic) bond motifs is 2. The maximum atomic E-state index is 14.6. The number of methoxy groups -OCH3 is 2. The van der Waals surface area contributed by atoms with Crippen molar-refractivity contribution in [1.82, 2.24) is 5.32 Å². The molecule has 6 rings (SSSR count). The van der Waals surface area contributed by atoms with Crippen molar-refractivity contribution < 1.29 is 38.2 Å². The molecule has 1 saturated heterocycles. The molecule has 0 bridgehead atoms. The molecule has 4 aliphatic rings. The normalized spacial score (nSPS) is 30.7. The molecule has 1 N–H and O–H groups in total. The molecule has 0 radical (unpaired) electrons. The maximum absolute atomic E-state index is 14.6. The van der Waals surface area contributed by atoms with Crippen LogP contribution in [-0.2, 0) is 33.4 Å². The molecule has 0 aromatic heterocycles. The Bertz CT molecular complexity index is 1660.